The van der Waals surface area contributed by atoms with Crippen molar-refractivity contribution in [3.8, 4) is 5.69 Å². The molecule has 0 saturated heterocycles. The lowest BCUT2D eigenvalue weighted by atomic mass is 10.2. The standard InChI is InChI=1S/C13H13N5O/c1-2-8-14-13(19)7-6-11-4-3-5-12(9-11)18-10-15-16-17-18/h2-7,9-10H,1,8H2,(H,14,19)/b7-6+. The number of benzene rings is 1. The van der Waals surface area contributed by atoms with E-state index in [1.54, 1.807) is 16.8 Å². The molecule has 2 aromatic rings. The Kier molecular flexibility index (Phi) is 4.17. The molecule has 0 aliphatic rings. The van der Waals surface area contributed by atoms with E-state index < -0.39 is 0 Å². The van der Waals surface area contributed by atoms with Crippen molar-refractivity contribution in [2.24, 2.45) is 0 Å². The monoisotopic (exact) mass is 255 g/mol. The van der Waals surface area contributed by atoms with Crippen molar-refractivity contribution < 1.29 is 4.79 Å². The van der Waals surface area contributed by atoms with Crippen LogP contribution in [0.5, 0.6) is 0 Å². The van der Waals surface area contributed by atoms with Crippen LogP contribution < -0.4 is 5.32 Å². The molecular weight excluding hydrogens is 242 g/mol. The molecule has 6 heteroatoms. The van der Waals surface area contributed by atoms with Crippen molar-refractivity contribution >= 4 is 12.0 Å². The third-order valence-electron chi connectivity index (χ3n) is 2.33. The molecule has 1 N–H and O–H groups in total. The Morgan fingerprint density at radius 2 is 2.37 bits per heavy atom. The zero-order valence-corrected chi connectivity index (χ0v) is 10.2. The summed E-state index contributed by atoms with van der Waals surface area (Å²) >= 11 is 0. The van der Waals surface area contributed by atoms with Crippen LogP contribution in [0.3, 0.4) is 0 Å². The Hall–Kier alpha value is -2.76. The molecule has 0 atom stereocenters. The maximum atomic E-state index is 11.4. The van der Waals surface area contributed by atoms with Crippen LogP contribution in [0.2, 0.25) is 0 Å². The molecule has 0 radical (unpaired) electrons. The molecule has 2 rings (SSSR count). The van der Waals surface area contributed by atoms with Crippen LogP contribution in [0.15, 0.2) is 49.3 Å². The number of rotatable bonds is 5. The molecule has 6 nitrogen and oxygen atoms in total. The average molecular weight is 255 g/mol. The molecule has 0 aliphatic carbocycles. The molecule has 0 unspecified atom stereocenters. The summed E-state index contributed by atoms with van der Waals surface area (Å²) in [6.07, 6.45) is 6.35. The van der Waals surface area contributed by atoms with Crippen LogP contribution in [0.1, 0.15) is 5.56 Å². The first kappa shape index (κ1) is 12.7. The zero-order chi connectivity index (χ0) is 13.5. The third kappa shape index (κ3) is 3.60. The minimum atomic E-state index is -0.160. The summed E-state index contributed by atoms with van der Waals surface area (Å²) in [5.41, 5.74) is 1.72. The molecule has 1 heterocycles. The van der Waals surface area contributed by atoms with Crippen molar-refractivity contribution in [1.82, 2.24) is 25.5 Å². The molecule has 0 bridgehead atoms. The maximum Gasteiger partial charge on any atom is 0.244 e. The van der Waals surface area contributed by atoms with E-state index in [-0.39, 0.29) is 5.91 Å². The van der Waals surface area contributed by atoms with Gasteiger partial charge in [0.15, 0.2) is 0 Å². The van der Waals surface area contributed by atoms with Gasteiger partial charge in [0, 0.05) is 12.6 Å². The van der Waals surface area contributed by atoms with Gasteiger partial charge in [0.25, 0.3) is 0 Å². The maximum absolute atomic E-state index is 11.4. The van der Waals surface area contributed by atoms with Gasteiger partial charge in [0.05, 0.1) is 5.69 Å². The van der Waals surface area contributed by atoms with E-state index in [2.05, 4.69) is 27.4 Å². The van der Waals surface area contributed by atoms with Crippen molar-refractivity contribution in [2.45, 2.75) is 0 Å². The highest BCUT2D eigenvalue weighted by Gasteiger charge is 1.98. The van der Waals surface area contributed by atoms with Gasteiger partial charge in [-0.1, -0.05) is 18.2 Å². The number of aromatic nitrogens is 4. The number of hydrogen-bond acceptors (Lipinski definition) is 4. The van der Waals surface area contributed by atoms with Crippen LogP contribution >= 0.6 is 0 Å². The molecule has 1 aromatic carbocycles. The van der Waals surface area contributed by atoms with Gasteiger partial charge >= 0.3 is 0 Å². The van der Waals surface area contributed by atoms with Gasteiger partial charge in [-0.25, -0.2) is 4.68 Å². The number of carbonyl (C=O) groups is 1. The van der Waals surface area contributed by atoms with E-state index in [1.165, 1.54) is 12.4 Å². The van der Waals surface area contributed by atoms with Gasteiger partial charge in [-0.2, -0.15) is 0 Å². The zero-order valence-electron chi connectivity index (χ0n) is 10.2. The van der Waals surface area contributed by atoms with Crippen LogP contribution in [-0.2, 0) is 4.79 Å². The Balaban J connectivity index is 2.09. The number of hydrogen-bond donors (Lipinski definition) is 1. The number of nitrogens with one attached hydrogen (secondary N) is 1. The minimum absolute atomic E-state index is 0.160. The number of carbonyl (C=O) groups excluding carboxylic acids is 1. The summed E-state index contributed by atoms with van der Waals surface area (Å²) in [4.78, 5) is 11.4. The smallest absolute Gasteiger partial charge is 0.244 e. The Morgan fingerprint density at radius 3 is 3.11 bits per heavy atom. The second-order valence-electron chi connectivity index (χ2n) is 3.72. The van der Waals surface area contributed by atoms with Crippen molar-refractivity contribution in [2.75, 3.05) is 6.54 Å². The third-order valence-corrected chi connectivity index (χ3v) is 2.33. The molecular formula is C13H13N5O. The fraction of sp³-hybridized carbons (Fsp3) is 0.0769. The normalized spacial score (nSPS) is 10.5. The van der Waals surface area contributed by atoms with Crippen molar-refractivity contribution in [3.63, 3.8) is 0 Å². The second kappa shape index (κ2) is 6.25. The summed E-state index contributed by atoms with van der Waals surface area (Å²) in [5.74, 6) is -0.160. The van der Waals surface area contributed by atoms with E-state index >= 15 is 0 Å². The number of amides is 1. The van der Waals surface area contributed by atoms with Gasteiger partial charge in [-0.15, -0.1) is 11.7 Å². The first-order valence-corrected chi connectivity index (χ1v) is 5.70. The van der Waals surface area contributed by atoms with Crippen LogP contribution in [0.25, 0.3) is 11.8 Å². The minimum Gasteiger partial charge on any atom is -0.349 e. The van der Waals surface area contributed by atoms with Gasteiger partial charge in [0.1, 0.15) is 6.33 Å². The SMILES string of the molecule is C=CCNC(=O)/C=C/c1cccc(-n2cnnn2)c1. The second-order valence-corrected chi connectivity index (χ2v) is 3.72. The van der Waals surface area contributed by atoms with E-state index in [0.29, 0.717) is 6.54 Å². The largest absolute Gasteiger partial charge is 0.349 e. The average Bonchev–Trinajstić information content (AvgIpc) is 2.97. The lowest BCUT2D eigenvalue weighted by Crippen LogP contribution is -2.20. The van der Waals surface area contributed by atoms with E-state index in [0.717, 1.165) is 11.3 Å². The predicted molar refractivity (Wildman–Crippen MR) is 71.4 cm³/mol. The fourth-order valence-corrected chi connectivity index (χ4v) is 1.45. The highest BCUT2D eigenvalue weighted by atomic mass is 16.1. The number of tetrazole rings is 1. The molecule has 96 valence electrons. The van der Waals surface area contributed by atoms with Crippen LogP contribution in [0, 0.1) is 0 Å². The van der Waals surface area contributed by atoms with Gasteiger partial charge in [0.2, 0.25) is 5.91 Å². The summed E-state index contributed by atoms with van der Waals surface area (Å²) in [6.45, 7) is 3.98. The Bertz CT molecular complexity index is 589. The quantitative estimate of drug-likeness (QED) is 0.638. The topological polar surface area (TPSA) is 72.7 Å². The number of nitrogens with zero attached hydrogens (tertiary/aromatic N) is 4. The van der Waals surface area contributed by atoms with E-state index in [4.69, 9.17) is 0 Å². The molecule has 0 spiro atoms. The van der Waals surface area contributed by atoms with Gasteiger partial charge in [-0.3, -0.25) is 4.79 Å². The lowest BCUT2D eigenvalue weighted by molar-refractivity contribution is -0.116. The Labute approximate surface area is 110 Å². The molecule has 0 fully saturated rings. The molecule has 1 amide bonds. The highest BCUT2D eigenvalue weighted by Crippen LogP contribution is 2.09. The summed E-state index contributed by atoms with van der Waals surface area (Å²) in [5, 5.41) is 13.6. The molecule has 19 heavy (non-hydrogen) atoms. The summed E-state index contributed by atoms with van der Waals surface area (Å²) in [6, 6.07) is 7.53. The van der Waals surface area contributed by atoms with Crippen LogP contribution in [-0.4, -0.2) is 32.7 Å². The lowest BCUT2D eigenvalue weighted by Gasteiger charge is -2.00. The van der Waals surface area contributed by atoms with Crippen LogP contribution in [0.4, 0.5) is 0 Å². The van der Waals surface area contributed by atoms with Crippen molar-refractivity contribution in [1.29, 1.82) is 0 Å². The van der Waals surface area contributed by atoms with Crippen molar-refractivity contribution in [3.05, 3.63) is 54.9 Å². The first-order valence-electron chi connectivity index (χ1n) is 5.70. The summed E-state index contributed by atoms with van der Waals surface area (Å²) < 4.78 is 1.55. The predicted octanol–water partition coefficient (Wildman–Crippen LogP) is 0.978. The molecule has 0 saturated carbocycles. The molecule has 1 aromatic heterocycles. The van der Waals surface area contributed by atoms with Gasteiger partial charge < -0.3 is 5.32 Å². The van der Waals surface area contributed by atoms with E-state index in [9.17, 15) is 4.79 Å². The molecule has 0 aliphatic heterocycles. The highest BCUT2D eigenvalue weighted by molar-refractivity contribution is 5.91. The van der Waals surface area contributed by atoms with Gasteiger partial charge in [-0.05, 0) is 34.2 Å². The Morgan fingerprint density at radius 1 is 1.47 bits per heavy atom. The van der Waals surface area contributed by atoms with E-state index in [1.807, 2.05) is 24.3 Å². The fourth-order valence-electron chi connectivity index (χ4n) is 1.45. The summed E-state index contributed by atoms with van der Waals surface area (Å²) in [7, 11) is 0. The first-order chi connectivity index (χ1) is 9.29.